The van der Waals surface area contributed by atoms with E-state index in [9.17, 15) is 26.3 Å². The van der Waals surface area contributed by atoms with Crippen LogP contribution in [0.15, 0.2) is 4.34 Å². The molecule has 0 radical (unpaired) electrons. The number of hydrogen-bond donors (Lipinski definition) is 1. The van der Waals surface area contributed by atoms with Crippen molar-refractivity contribution in [3.8, 4) is 0 Å². The van der Waals surface area contributed by atoms with Gasteiger partial charge in [-0.1, -0.05) is 23.1 Å². The zero-order valence-corrected chi connectivity index (χ0v) is 9.34. The zero-order valence-electron chi connectivity index (χ0n) is 7.71. The van der Waals surface area contributed by atoms with Crippen molar-refractivity contribution >= 4 is 23.1 Å². The molecule has 1 heterocycles. The maximum Gasteiger partial charge on any atom is 0.445 e. The summed E-state index contributed by atoms with van der Waals surface area (Å²) >= 11 is 0.497. The molecular weight excluding hydrogens is 294 g/mol. The van der Waals surface area contributed by atoms with Crippen molar-refractivity contribution in [2.75, 3.05) is 5.75 Å². The summed E-state index contributed by atoms with van der Waals surface area (Å²) in [5.41, 5.74) is 0. The second kappa shape index (κ2) is 4.98. The van der Waals surface area contributed by atoms with Crippen molar-refractivity contribution in [3.63, 3.8) is 0 Å². The summed E-state index contributed by atoms with van der Waals surface area (Å²) in [6, 6.07) is 0. The van der Waals surface area contributed by atoms with Gasteiger partial charge in [0.2, 0.25) is 5.01 Å². The first-order valence-corrected chi connectivity index (χ1v) is 5.69. The fourth-order valence-electron chi connectivity index (χ4n) is 0.627. The molecule has 0 aliphatic rings. The van der Waals surface area contributed by atoms with Gasteiger partial charge in [0.1, 0.15) is 0 Å². The quantitative estimate of drug-likeness (QED) is 0.688. The Labute approximate surface area is 98.8 Å². The molecule has 98 valence electrons. The molecule has 0 spiro atoms. The highest BCUT2D eigenvalue weighted by atomic mass is 32.2. The van der Waals surface area contributed by atoms with Crippen molar-refractivity contribution in [2.24, 2.45) is 0 Å². The molecule has 0 saturated heterocycles. The van der Waals surface area contributed by atoms with E-state index in [1.807, 2.05) is 0 Å². The van der Waals surface area contributed by atoms with E-state index in [0.29, 0.717) is 11.8 Å². The Bertz CT molecular complexity index is 375. The minimum Gasteiger partial charge on any atom is -0.383 e. The van der Waals surface area contributed by atoms with Crippen LogP contribution in [0.1, 0.15) is 5.01 Å². The number of aliphatic hydroxyl groups is 1. The van der Waals surface area contributed by atoms with Gasteiger partial charge in [-0.15, -0.1) is 10.2 Å². The lowest BCUT2D eigenvalue weighted by Crippen LogP contribution is -2.30. The van der Waals surface area contributed by atoms with E-state index in [1.54, 1.807) is 0 Å². The van der Waals surface area contributed by atoms with Gasteiger partial charge in [-0.2, -0.15) is 26.3 Å². The molecule has 3 nitrogen and oxygen atoms in total. The molecule has 11 heteroatoms. The molecule has 0 unspecified atom stereocenters. The number of aromatic nitrogens is 2. The minimum absolute atomic E-state index is 0.130. The maximum absolute atomic E-state index is 12.1. The Hall–Kier alpha value is -0.550. The summed E-state index contributed by atoms with van der Waals surface area (Å²) in [6.45, 7) is 0. The Morgan fingerprint density at radius 3 is 2.18 bits per heavy atom. The molecule has 0 aromatic carbocycles. The Kier molecular flexibility index (Phi) is 4.25. The Morgan fingerprint density at radius 2 is 1.76 bits per heavy atom. The normalized spacial score (nSPS) is 15.0. The average Bonchev–Trinajstić information content (AvgIpc) is 2.59. The van der Waals surface area contributed by atoms with Crippen molar-refractivity contribution < 1.29 is 31.4 Å². The monoisotopic (exact) mass is 298 g/mol. The summed E-state index contributed by atoms with van der Waals surface area (Å²) in [7, 11) is 0. The molecule has 0 aliphatic carbocycles. The number of nitrogens with zero attached hydrogens (tertiary/aromatic N) is 2. The second-order valence-electron chi connectivity index (χ2n) is 2.74. The van der Waals surface area contributed by atoms with Gasteiger partial charge in [-0.25, -0.2) is 0 Å². The molecule has 0 aliphatic heterocycles. The largest absolute Gasteiger partial charge is 0.445 e. The number of aliphatic hydroxyl groups excluding tert-OH is 1. The molecule has 0 fully saturated rings. The van der Waals surface area contributed by atoms with Gasteiger partial charge in [0.15, 0.2) is 10.4 Å². The highest BCUT2D eigenvalue weighted by Gasteiger charge is 2.39. The predicted octanol–water partition coefficient (Wildman–Crippen LogP) is 2.57. The van der Waals surface area contributed by atoms with Crippen LogP contribution in [0.4, 0.5) is 26.3 Å². The number of rotatable bonds is 3. The van der Waals surface area contributed by atoms with E-state index in [2.05, 4.69) is 10.2 Å². The van der Waals surface area contributed by atoms with Crippen LogP contribution in [-0.2, 0) is 6.18 Å². The third-order valence-corrected chi connectivity index (χ3v) is 3.57. The lowest BCUT2D eigenvalue weighted by molar-refractivity contribution is -0.195. The SMILES string of the molecule is O[C@H](CSc1nnc(C(F)(F)F)s1)C(F)(F)F. The summed E-state index contributed by atoms with van der Waals surface area (Å²) < 4.78 is 71.5. The lowest BCUT2D eigenvalue weighted by atomic mass is 10.4. The van der Waals surface area contributed by atoms with E-state index >= 15 is 0 Å². The van der Waals surface area contributed by atoms with Crippen LogP contribution in [0, 0.1) is 0 Å². The molecule has 1 aromatic heterocycles. The highest BCUT2D eigenvalue weighted by Crippen LogP contribution is 2.35. The van der Waals surface area contributed by atoms with Crippen LogP contribution in [-0.4, -0.2) is 33.3 Å². The number of thioether (sulfide) groups is 1. The second-order valence-corrected chi connectivity index (χ2v) is 4.98. The number of halogens is 6. The van der Waals surface area contributed by atoms with Crippen molar-refractivity contribution in [1.29, 1.82) is 0 Å². The molecule has 1 rings (SSSR count). The maximum atomic E-state index is 12.1. The summed E-state index contributed by atoms with van der Waals surface area (Å²) in [5.74, 6) is -0.823. The first kappa shape index (κ1) is 14.5. The molecule has 1 N–H and O–H groups in total. The molecular formula is C6H4F6N2OS2. The van der Waals surface area contributed by atoms with E-state index in [1.165, 1.54) is 0 Å². The van der Waals surface area contributed by atoms with E-state index in [0.717, 1.165) is 0 Å². The number of alkyl halides is 6. The molecule has 0 saturated carbocycles. The first-order valence-electron chi connectivity index (χ1n) is 3.89. The molecule has 17 heavy (non-hydrogen) atoms. The first-order chi connectivity index (χ1) is 7.60. The standard InChI is InChI=1S/C6H4F6N2OS2/c7-5(8,9)2(15)1-16-4-14-13-3(17-4)6(10,11)12/h2,15H,1H2/t2-/m1/s1. The van der Waals surface area contributed by atoms with Crippen LogP contribution in [0.3, 0.4) is 0 Å². The fraction of sp³-hybridized carbons (Fsp3) is 0.667. The minimum atomic E-state index is -4.80. The van der Waals surface area contributed by atoms with Gasteiger partial charge in [0, 0.05) is 5.75 Å². The van der Waals surface area contributed by atoms with Gasteiger partial charge in [0.05, 0.1) is 0 Å². The van der Waals surface area contributed by atoms with Gasteiger partial charge in [-0.3, -0.25) is 0 Å². The van der Waals surface area contributed by atoms with Gasteiger partial charge >= 0.3 is 12.4 Å². The summed E-state index contributed by atoms with van der Waals surface area (Å²) in [5, 5.41) is 13.2. The van der Waals surface area contributed by atoms with Crippen molar-refractivity contribution in [1.82, 2.24) is 10.2 Å². The van der Waals surface area contributed by atoms with Crippen LogP contribution in [0.25, 0.3) is 0 Å². The van der Waals surface area contributed by atoms with Crippen molar-refractivity contribution in [2.45, 2.75) is 22.8 Å². The van der Waals surface area contributed by atoms with Crippen LogP contribution >= 0.6 is 23.1 Å². The molecule has 0 bridgehead atoms. The predicted molar refractivity (Wildman–Crippen MR) is 47.7 cm³/mol. The Morgan fingerprint density at radius 1 is 1.18 bits per heavy atom. The van der Waals surface area contributed by atoms with E-state index in [4.69, 9.17) is 5.11 Å². The zero-order chi connectivity index (χ0) is 13.3. The smallest absolute Gasteiger partial charge is 0.383 e. The van der Waals surface area contributed by atoms with Gasteiger partial charge in [-0.05, 0) is 0 Å². The van der Waals surface area contributed by atoms with Gasteiger partial charge in [0.25, 0.3) is 0 Å². The lowest BCUT2D eigenvalue weighted by Gasteiger charge is -2.12. The topological polar surface area (TPSA) is 46.0 Å². The molecule has 1 aromatic rings. The van der Waals surface area contributed by atoms with Crippen LogP contribution in [0.2, 0.25) is 0 Å². The average molecular weight is 298 g/mol. The summed E-state index contributed by atoms with van der Waals surface area (Å²) in [6.07, 6.45) is -12.1. The summed E-state index contributed by atoms with van der Waals surface area (Å²) in [4.78, 5) is 0. The third kappa shape index (κ3) is 4.32. The van der Waals surface area contributed by atoms with E-state index < -0.39 is 29.2 Å². The van der Waals surface area contributed by atoms with E-state index in [-0.39, 0.29) is 15.7 Å². The molecule has 1 atom stereocenters. The van der Waals surface area contributed by atoms with Crippen LogP contribution < -0.4 is 0 Å². The van der Waals surface area contributed by atoms with Gasteiger partial charge < -0.3 is 5.11 Å². The van der Waals surface area contributed by atoms with Crippen molar-refractivity contribution in [3.05, 3.63) is 5.01 Å². The number of hydrogen-bond acceptors (Lipinski definition) is 5. The van der Waals surface area contributed by atoms with Crippen LogP contribution in [0.5, 0.6) is 0 Å². The Balaban J connectivity index is 2.57. The molecule has 0 amide bonds. The fourth-order valence-corrected chi connectivity index (χ4v) is 2.34. The third-order valence-electron chi connectivity index (χ3n) is 1.39. The highest BCUT2D eigenvalue weighted by molar-refractivity contribution is 8.01.